The molecule has 17 heavy (non-hydrogen) atoms. The van der Waals surface area contributed by atoms with Gasteiger partial charge in [-0.25, -0.2) is 8.78 Å². The maximum absolute atomic E-state index is 13.7. The lowest BCUT2D eigenvalue weighted by Gasteiger charge is -2.11. The Labute approximate surface area is 107 Å². The SMILES string of the molecule is CCOC(=O)C(Br)Cc1c(F)ccc(C)c1F. The van der Waals surface area contributed by atoms with E-state index in [1.807, 2.05) is 0 Å². The molecule has 0 bridgehead atoms. The third-order valence-electron chi connectivity index (χ3n) is 2.30. The number of carbonyl (C=O) groups is 1. The molecular formula is C12H13BrF2O2. The number of aryl methyl sites for hydroxylation is 1. The molecule has 0 fully saturated rings. The molecule has 0 spiro atoms. The van der Waals surface area contributed by atoms with Crippen molar-refractivity contribution in [2.45, 2.75) is 25.1 Å². The Morgan fingerprint density at radius 1 is 1.47 bits per heavy atom. The van der Waals surface area contributed by atoms with Crippen LogP contribution in [0.1, 0.15) is 18.1 Å². The number of hydrogen-bond acceptors (Lipinski definition) is 2. The predicted molar refractivity (Wildman–Crippen MR) is 64.1 cm³/mol. The molecule has 0 aliphatic rings. The molecule has 5 heteroatoms. The molecule has 0 aliphatic heterocycles. The van der Waals surface area contributed by atoms with E-state index in [0.717, 1.165) is 0 Å². The van der Waals surface area contributed by atoms with Gasteiger partial charge in [0.1, 0.15) is 16.5 Å². The summed E-state index contributed by atoms with van der Waals surface area (Å²) in [6.07, 6.45) is -0.0713. The lowest BCUT2D eigenvalue weighted by Crippen LogP contribution is -2.21. The number of esters is 1. The average molecular weight is 307 g/mol. The van der Waals surface area contributed by atoms with Gasteiger partial charge in [0.15, 0.2) is 0 Å². The van der Waals surface area contributed by atoms with E-state index in [-0.39, 0.29) is 18.6 Å². The molecule has 0 saturated carbocycles. The van der Waals surface area contributed by atoms with Crippen LogP contribution in [0.25, 0.3) is 0 Å². The third-order valence-corrected chi connectivity index (χ3v) is 3.00. The van der Waals surface area contributed by atoms with Crippen LogP contribution in [-0.2, 0) is 16.0 Å². The lowest BCUT2D eigenvalue weighted by molar-refractivity contribution is -0.142. The van der Waals surface area contributed by atoms with Crippen LogP contribution in [0.15, 0.2) is 12.1 Å². The van der Waals surface area contributed by atoms with Crippen molar-refractivity contribution in [3.63, 3.8) is 0 Å². The maximum Gasteiger partial charge on any atom is 0.320 e. The minimum Gasteiger partial charge on any atom is -0.465 e. The van der Waals surface area contributed by atoms with Gasteiger partial charge in [-0.2, -0.15) is 0 Å². The topological polar surface area (TPSA) is 26.3 Å². The maximum atomic E-state index is 13.7. The Morgan fingerprint density at radius 2 is 2.12 bits per heavy atom. The zero-order valence-electron chi connectivity index (χ0n) is 9.60. The van der Waals surface area contributed by atoms with E-state index in [2.05, 4.69) is 15.9 Å². The molecule has 0 saturated heterocycles. The van der Waals surface area contributed by atoms with Gasteiger partial charge in [0.05, 0.1) is 6.61 Å². The zero-order valence-corrected chi connectivity index (χ0v) is 11.2. The van der Waals surface area contributed by atoms with Crippen molar-refractivity contribution in [3.8, 4) is 0 Å². The number of ether oxygens (including phenoxy) is 1. The zero-order chi connectivity index (χ0) is 13.0. The molecule has 1 aromatic carbocycles. The van der Waals surface area contributed by atoms with Crippen molar-refractivity contribution in [2.24, 2.45) is 0 Å². The van der Waals surface area contributed by atoms with Gasteiger partial charge in [-0.1, -0.05) is 22.0 Å². The fourth-order valence-electron chi connectivity index (χ4n) is 1.40. The molecule has 1 atom stereocenters. The monoisotopic (exact) mass is 306 g/mol. The Hall–Kier alpha value is -0.970. The number of carbonyl (C=O) groups excluding carboxylic acids is 1. The highest BCUT2D eigenvalue weighted by Gasteiger charge is 2.21. The molecule has 0 aliphatic carbocycles. The summed E-state index contributed by atoms with van der Waals surface area (Å²) in [4.78, 5) is 10.6. The van der Waals surface area contributed by atoms with E-state index in [1.54, 1.807) is 13.8 Å². The standard InChI is InChI=1S/C12H13BrF2O2/c1-3-17-12(16)9(13)6-8-10(14)5-4-7(2)11(8)15/h4-5,9H,3,6H2,1-2H3. The highest BCUT2D eigenvalue weighted by molar-refractivity contribution is 9.10. The fraction of sp³-hybridized carbons (Fsp3) is 0.417. The molecule has 0 heterocycles. The number of alkyl halides is 1. The summed E-state index contributed by atoms with van der Waals surface area (Å²) < 4.78 is 31.8. The molecule has 0 amide bonds. The van der Waals surface area contributed by atoms with Crippen LogP contribution in [0.5, 0.6) is 0 Å². The largest absolute Gasteiger partial charge is 0.465 e. The first-order valence-corrected chi connectivity index (χ1v) is 6.13. The van der Waals surface area contributed by atoms with Crippen LogP contribution in [0.2, 0.25) is 0 Å². The van der Waals surface area contributed by atoms with Crippen LogP contribution >= 0.6 is 15.9 Å². The third kappa shape index (κ3) is 3.49. The van der Waals surface area contributed by atoms with Crippen LogP contribution in [0.4, 0.5) is 8.78 Å². The molecule has 0 aromatic heterocycles. The highest BCUT2D eigenvalue weighted by atomic mass is 79.9. The summed E-state index contributed by atoms with van der Waals surface area (Å²) in [5.41, 5.74) is 0.255. The van der Waals surface area contributed by atoms with Gasteiger partial charge in [-0.3, -0.25) is 4.79 Å². The Kier molecular flexibility index (Phi) is 5.05. The van der Waals surface area contributed by atoms with Crippen LogP contribution in [0.3, 0.4) is 0 Å². The van der Waals surface area contributed by atoms with Crippen molar-refractivity contribution >= 4 is 21.9 Å². The second kappa shape index (κ2) is 6.10. The quantitative estimate of drug-likeness (QED) is 0.631. The average Bonchev–Trinajstić information content (AvgIpc) is 2.29. The van der Waals surface area contributed by atoms with E-state index in [0.29, 0.717) is 5.56 Å². The summed E-state index contributed by atoms with van der Waals surface area (Å²) in [7, 11) is 0. The van der Waals surface area contributed by atoms with Gasteiger partial charge in [0.2, 0.25) is 0 Å². The summed E-state index contributed by atoms with van der Waals surface area (Å²) in [6, 6.07) is 2.56. The second-order valence-electron chi connectivity index (χ2n) is 3.58. The van der Waals surface area contributed by atoms with Crippen molar-refractivity contribution in [1.29, 1.82) is 0 Å². The van der Waals surface area contributed by atoms with E-state index < -0.39 is 22.4 Å². The first kappa shape index (κ1) is 14.1. The molecule has 1 aromatic rings. The van der Waals surface area contributed by atoms with Gasteiger partial charge in [-0.05, 0) is 25.5 Å². The van der Waals surface area contributed by atoms with E-state index in [1.165, 1.54) is 12.1 Å². The second-order valence-corrected chi connectivity index (χ2v) is 4.69. The van der Waals surface area contributed by atoms with E-state index in [4.69, 9.17) is 4.74 Å². The molecule has 1 rings (SSSR count). The molecule has 2 nitrogen and oxygen atoms in total. The summed E-state index contributed by atoms with van der Waals surface area (Å²) in [5.74, 6) is -1.78. The van der Waals surface area contributed by atoms with Gasteiger partial charge in [0, 0.05) is 12.0 Å². The molecule has 94 valence electrons. The Morgan fingerprint density at radius 3 is 2.71 bits per heavy atom. The molecule has 0 N–H and O–H groups in total. The van der Waals surface area contributed by atoms with Crippen molar-refractivity contribution in [2.75, 3.05) is 6.61 Å². The minimum atomic E-state index is -0.742. The normalized spacial score (nSPS) is 12.3. The Balaban J connectivity index is 2.88. The van der Waals surface area contributed by atoms with Gasteiger partial charge >= 0.3 is 5.97 Å². The van der Waals surface area contributed by atoms with E-state index in [9.17, 15) is 13.6 Å². The summed E-state index contributed by atoms with van der Waals surface area (Å²) >= 11 is 3.07. The van der Waals surface area contributed by atoms with E-state index >= 15 is 0 Å². The van der Waals surface area contributed by atoms with Gasteiger partial charge in [0.25, 0.3) is 0 Å². The number of hydrogen-bond donors (Lipinski definition) is 0. The molecular weight excluding hydrogens is 294 g/mol. The van der Waals surface area contributed by atoms with Gasteiger partial charge in [-0.15, -0.1) is 0 Å². The predicted octanol–water partition coefficient (Wildman–Crippen LogP) is 3.14. The van der Waals surface area contributed by atoms with Gasteiger partial charge < -0.3 is 4.74 Å². The molecule has 0 radical (unpaired) electrons. The lowest BCUT2D eigenvalue weighted by atomic mass is 10.1. The first-order valence-electron chi connectivity index (χ1n) is 5.21. The summed E-state index contributed by atoms with van der Waals surface area (Å²) in [6.45, 7) is 3.46. The highest BCUT2D eigenvalue weighted by Crippen LogP contribution is 2.20. The number of benzene rings is 1. The van der Waals surface area contributed by atoms with Crippen molar-refractivity contribution in [3.05, 3.63) is 34.9 Å². The first-order chi connectivity index (χ1) is 7.97. The number of rotatable bonds is 4. The summed E-state index contributed by atoms with van der Waals surface area (Å²) in [5, 5.41) is 0. The van der Waals surface area contributed by atoms with Crippen LogP contribution in [0, 0.1) is 18.6 Å². The Bertz CT molecular complexity index is 421. The fourth-order valence-corrected chi connectivity index (χ4v) is 1.85. The smallest absolute Gasteiger partial charge is 0.320 e. The van der Waals surface area contributed by atoms with Crippen molar-refractivity contribution in [1.82, 2.24) is 0 Å². The number of halogens is 3. The molecule has 1 unspecified atom stereocenters. The van der Waals surface area contributed by atoms with Crippen LogP contribution in [-0.4, -0.2) is 17.4 Å². The minimum absolute atomic E-state index is 0.0713. The van der Waals surface area contributed by atoms with Crippen LogP contribution < -0.4 is 0 Å². The van der Waals surface area contributed by atoms with Crippen molar-refractivity contribution < 1.29 is 18.3 Å².